The maximum atomic E-state index is 13.3. The largest absolute Gasteiger partial charge is 0.497 e. The highest BCUT2D eigenvalue weighted by Crippen LogP contribution is 2.24. The van der Waals surface area contributed by atoms with Crippen LogP contribution >= 0.6 is 0 Å². The van der Waals surface area contributed by atoms with Crippen LogP contribution in [0.3, 0.4) is 0 Å². The van der Waals surface area contributed by atoms with E-state index in [9.17, 15) is 9.59 Å². The number of ether oxygens (including phenoxy) is 2. The predicted octanol–water partition coefficient (Wildman–Crippen LogP) is 3.68. The van der Waals surface area contributed by atoms with Gasteiger partial charge in [-0.1, -0.05) is 12.1 Å². The molecule has 4 rings (SSSR count). The highest BCUT2D eigenvalue weighted by atomic mass is 16.5. The summed E-state index contributed by atoms with van der Waals surface area (Å²) in [4.78, 5) is 33.0. The Kier molecular flexibility index (Phi) is 7.14. The van der Waals surface area contributed by atoms with Crippen LogP contribution in [-0.2, 0) is 6.54 Å². The minimum Gasteiger partial charge on any atom is -0.497 e. The minimum atomic E-state index is -0.274. The summed E-state index contributed by atoms with van der Waals surface area (Å²) in [6.07, 6.45) is 2.36. The van der Waals surface area contributed by atoms with Crippen molar-refractivity contribution in [3.63, 3.8) is 0 Å². The lowest BCUT2D eigenvalue weighted by Gasteiger charge is -2.26. The van der Waals surface area contributed by atoms with E-state index in [4.69, 9.17) is 9.47 Å². The molecule has 174 valence electrons. The van der Waals surface area contributed by atoms with E-state index in [2.05, 4.69) is 15.2 Å². The van der Waals surface area contributed by atoms with E-state index < -0.39 is 0 Å². The van der Waals surface area contributed by atoms with Gasteiger partial charge in [0.25, 0.3) is 5.56 Å². The zero-order valence-electron chi connectivity index (χ0n) is 19.1. The van der Waals surface area contributed by atoms with Gasteiger partial charge in [-0.3, -0.25) is 4.79 Å². The molecule has 0 radical (unpaired) electrons. The summed E-state index contributed by atoms with van der Waals surface area (Å²) in [5.41, 5.74) is 1.64. The fourth-order valence-corrected chi connectivity index (χ4v) is 4.14. The molecule has 1 aromatic heterocycles. The number of para-hydroxylation sites is 2. The Morgan fingerprint density at radius 2 is 1.88 bits per heavy atom. The van der Waals surface area contributed by atoms with Gasteiger partial charge in [0.2, 0.25) is 0 Å². The molecule has 0 spiro atoms. The van der Waals surface area contributed by atoms with Crippen LogP contribution in [0.25, 0.3) is 10.9 Å². The fourth-order valence-electron chi connectivity index (χ4n) is 4.14. The van der Waals surface area contributed by atoms with E-state index in [1.54, 1.807) is 37.3 Å². The molecule has 0 atom stereocenters. The van der Waals surface area contributed by atoms with Crippen molar-refractivity contribution in [2.45, 2.75) is 19.4 Å². The number of hydrogen-bond donors (Lipinski definition) is 2. The number of anilines is 1. The van der Waals surface area contributed by atoms with Gasteiger partial charge in [-0.2, -0.15) is 0 Å². The van der Waals surface area contributed by atoms with Crippen LogP contribution in [0.2, 0.25) is 0 Å². The number of rotatable bonds is 8. The second kappa shape index (κ2) is 10.4. The smallest absolute Gasteiger partial charge is 0.322 e. The number of amides is 2. The van der Waals surface area contributed by atoms with E-state index in [0.717, 1.165) is 30.5 Å². The number of aromatic amines is 1. The van der Waals surface area contributed by atoms with Gasteiger partial charge < -0.3 is 29.6 Å². The van der Waals surface area contributed by atoms with E-state index >= 15 is 0 Å². The Labute approximate surface area is 193 Å². The zero-order chi connectivity index (χ0) is 23.2. The zero-order valence-corrected chi connectivity index (χ0v) is 19.1. The molecule has 2 N–H and O–H groups in total. The molecular weight excluding hydrogens is 420 g/mol. The van der Waals surface area contributed by atoms with Gasteiger partial charge in [-0.25, -0.2) is 4.79 Å². The van der Waals surface area contributed by atoms with Crippen molar-refractivity contribution >= 4 is 22.6 Å². The van der Waals surface area contributed by atoms with Crippen LogP contribution in [0, 0.1) is 0 Å². The molecule has 1 saturated heterocycles. The first-order valence-electron chi connectivity index (χ1n) is 11.2. The number of hydrogen-bond acceptors (Lipinski definition) is 5. The Bertz CT molecular complexity index is 1170. The average Bonchev–Trinajstić information content (AvgIpc) is 3.35. The Morgan fingerprint density at radius 1 is 1.09 bits per heavy atom. The predicted molar refractivity (Wildman–Crippen MR) is 129 cm³/mol. The molecule has 0 saturated carbocycles. The number of nitrogens with zero attached hydrogens (tertiary/aromatic N) is 2. The normalized spacial score (nSPS) is 13.8. The van der Waals surface area contributed by atoms with Crippen LogP contribution in [0.5, 0.6) is 11.5 Å². The summed E-state index contributed by atoms with van der Waals surface area (Å²) >= 11 is 0. The third-order valence-electron chi connectivity index (χ3n) is 6.01. The van der Waals surface area contributed by atoms with Crippen molar-refractivity contribution in [3.8, 4) is 11.5 Å². The second-order valence-corrected chi connectivity index (χ2v) is 8.18. The molecule has 0 unspecified atom stereocenters. The molecule has 1 fully saturated rings. The SMILES string of the molecule is COc1ccc2[nH]c(=O)c(CN(CCN3CCCC3)C(=O)Nc3ccccc3OC)cc2c1. The number of likely N-dealkylation sites (tertiary alicyclic amines) is 1. The lowest BCUT2D eigenvalue weighted by atomic mass is 10.1. The summed E-state index contributed by atoms with van der Waals surface area (Å²) < 4.78 is 10.7. The molecule has 1 aliphatic rings. The monoisotopic (exact) mass is 450 g/mol. The van der Waals surface area contributed by atoms with Crippen LogP contribution in [-0.4, -0.2) is 61.2 Å². The number of methoxy groups -OCH3 is 2. The number of fused-ring (bicyclic) bond motifs is 1. The molecular formula is C25H30N4O4. The molecule has 0 bridgehead atoms. The summed E-state index contributed by atoms with van der Waals surface area (Å²) in [6, 6.07) is 14.3. The molecule has 2 amide bonds. The van der Waals surface area contributed by atoms with Crippen LogP contribution in [0.4, 0.5) is 10.5 Å². The Balaban J connectivity index is 1.59. The molecule has 0 aliphatic carbocycles. The number of urea groups is 1. The third kappa shape index (κ3) is 5.46. The van der Waals surface area contributed by atoms with Gasteiger partial charge in [0.05, 0.1) is 26.5 Å². The quantitative estimate of drug-likeness (QED) is 0.547. The van der Waals surface area contributed by atoms with Crippen molar-refractivity contribution in [2.75, 3.05) is 45.7 Å². The number of nitrogens with one attached hydrogen (secondary N) is 2. The summed E-state index contributed by atoms with van der Waals surface area (Å²) in [7, 11) is 3.18. The van der Waals surface area contributed by atoms with Crippen molar-refractivity contribution in [1.82, 2.24) is 14.8 Å². The molecule has 2 heterocycles. The van der Waals surface area contributed by atoms with Gasteiger partial charge >= 0.3 is 6.03 Å². The minimum absolute atomic E-state index is 0.192. The molecule has 8 heteroatoms. The first-order valence-corrected chi connectivity index (χ1v) is 11.2. The van der Waals surface area contributed by atoms with Crippen molar-refractivity contribution in [2.24, 2.45) is 0 Å². The standard InChI is InChI=1S/C25H30N4O4/c1-32-20-9-10-21-18(16-20)15-19(24(30)26-21)17-29(14-13-28-11-5-6-12-28)25(31)27-22-7-3-4-8-23(22)33-2/h3-4,7-10,15-16H,5-6,11-14,17H2,1-2H3,(H,26,30)(H,27,31). The fraction of sp³-hybridized carbons (Fsp3) is 0.360. The van der Waals surface area contributed by atoms with E-state index in [1.165, 1.54) is 12.8 Å². The summed E-state index contributed by atoms with van der Waals surface area (Å²) in [6.45, 7) is 3.54. The molecule has 33 heavy (non-hydrogen) atoms. The summed E-state index contributed by atoms with van der Waals surface area (Å²) in [5, 5.41) is 3.80. The van der Waals surface area contributed by atoms with Crippen LogP contribution in [0.15, 0.2) is 53.3 Å². The number of pyridine rings is 1. The molecule has 1 aliphatic heterocycles. The summed E-state index contributed by atoms with van der Waals surface area (Å²) in [5.74, 6) is 1.29. The third-order valence-corrected chi connectivity index (χ3v) is 6.01. The van der Waals surface area contributed by atoms with Crippen LogP contribution < -0.4 is 20.3 Å². The average molecular weight is 451 g/mol. The van der Waals surface area contributed by atoms with Gasteiger partial charge in [0.1, 0.15) is 11.5 Å². The maximum Gasteiger partial charge on any atom is 0.322 e. The molecule has 2 aromatic carbocycles. The lowest BCUT2D eigenvalue weighted by Crippen LogP contribution is -2.41. The van der Waals surface area contributed by atoms with Crippen molar-refractivity contribution in [3.05, 3.63) is 64.4 Å². The highest BCUT2D eigenvalue weighted by Gasteiger charge is 2.20. The topological polar surface area (TPSA) is 86.9 Å². The van der Waals surface area contributed by atoms with Gasteiger partial charge in [-0.15, -0.1) is 0 Å². The number of aromatic nitrogens is 1. The first-order chi connectivity index (χ1) is 16.1. The Hall–Kier alpha value is -3.52. The van der Waals surface area contributed by atoms with Gasteiger partial charge in [-0.05, 0) is 62.3 Å². The first kappa shape index (κ1) is 22.7. The van der Waals surface area contributed by atoms with Gasteiger partial charge in [0.15, 0.2) is 0 Å². The van der Waals surface area contributed by atoms with Crippen molar-refractivity contribution in [1.29, 1.82) is 0 Å². The number of carbonyl (C=O) groups excluding carboxylic acids is 1. The highest BCUT2D eigenvalue weighted by molar-refractivity contribution is 5.91. The number of carbonyl (C=O) groups is 1. The van der Waals surface area contributed by atoms with E-state index in [1.807, 2.05) is 30.3 Å². The van der Waals surface area contributed by atoms with Crippen molar-refractivity contribution < 1.29 is 14.3 Å². The molecule has 3 aromatic rings. The van der Waals surface area contributed by atoms with Crippen LogP contribution in [0.1, 0.15) is 18.4 Å². The number of benzene rings is 2. The van der Waals surface area contributed by atoms with E-state index in [0.29, 0.717) is 29.3 Å². The van der Waals surface area contributed by atoms with Gasteiger partial charge in [0, 0.05) is 29.6 Å². The number of H-pyrrole nitrogens is 1. The molecule has 8 nitrogen and oxygen atoms in total. The maximum absolute atomic E-state index is 13.3. The Morgan fingerprint density at radius 3 is 2.64 bits per heavy atom. The second-order valence-electron chi connectivity index (χ2n) is 8.18. The van der Waals surface area contributed by atoms with E-state index in [-0.39, 0.29) is 18.1 Å². The lowest BCUT2D eigenvalue weighted by molar-refractivity contribution is 0.197.